The summed E-state index contributed by atoms with van der Waals surface area (Å²) < 4.78 is 18.2. The highest BCUT2D eigenvalue weighted by atomic mass is 79.9. The highest BCUT2D eigenvalue weighted by Crippen LogP contribution is 2.38. The number of halogens is 5. The second kappa shape index (κ2) is 15.4. The number of hydrogen-bond donors (Lipinski definition) is 1. The molecule has 0 aromatic heterocycles. The molecule has 1 N–H and O–H groups in total. The van der Waals surface area contributed by atoms with E-state index in [1.165, 1.54) is 6.08 Å². The predicted molar refractivity (Wildman–Crippen MR) is 176 cm³/mol. The third-order valence-electron chi connectivity index (χ3n) is 5.90. The van der Waals surface area contributed by atoms with Gasteiger partial charge in [-0.2, -0.15) is 5.26 Å². The first kappa shape index (κ1) is 32.5. The van der Waals surface area contributed by atoms with Gasteiger partial charge in [-0.25, -0.2) is 0 Å². The molecule has 0 fully saturated rings. The molecule has 0 heterocycles. The van der Waals surface area contributed by atoms with Crippen LogP contribution in [-0.2, 0) is 18.0 Å². The van der Waals surface area contributed by atoms with Crippen molar-refractivity contribution < 1.29 is 19.0 Å². The molecule has 0 spiro atoms. The molecule has 1 amide bonds. The predicted octanol–water partition coefficient (Wildman–Crippen LogP) is 10.2. The lowest BCUT2D eigenvalue weighted by molar-refractivity contribution is -0.112. The van der Waals surface area contributed by atoms with Gasteiger partial charge in [0, 0.05) is 21.3 Å². The van der Waals surface area contributed by atoms with E-state index < -0.39 is 5.91 Å². The van der Waals surface area contributed by atoms with E-state index in [0.29, 0.717) is 59.7 Å². The Morgan fingerprint density at radius 3 is 2.33 bits per heavy atom. The average Bonchev–Trinajstić information content (AvgIpc) is 2.97. The Bertz CT molecular complexity index is 1710. The molecule has 0 bridgehead atoms. The molecule has 0 aliphatic heterocycles. The minimum atomic E-state index is -0.571. The van der Waals surface area contributed by atoms with E-state index >= 15 is 0 Å². The van der Waals surface area contributed by atoms with Crippen LogP contribution in [0.5, 0.6) is 17.2 Å². The van der Waals surface area contributed by atoms with Gasteiger partial charge in [-0.3, -0.25) is 4.79 Å². The van der Waals surface area contributed by atoms with E-state index in [1.54, 1.807) is 66.7 Å². The van der Waals surface area contributed by atoms with Crippen LogP contribution >= 0.6 is 62.3 Å². The molecule has 0 saturated carbocycles. The summed E-state index contributed by atoms with van der Waals surface area (Å²) in [5.74, 6) is 0.915. The van der Waals surface area contributed by atoms with Crippen molar-refractivity contribution in [3.8, 4) is 23.3 Å². The maximum atomic E-state index is 12.9. The van der Waals surface area contributed by atoms with E-state index in [4.69, 9.17) is 60.6 Å². The Labute approximate surface area is 277 Å². The van der Waals surface area contributed by atoms with E-state index in [-0.39, 0.29) is 18.8 Å². The maximum absolute atomic E-state index is 12.9. The van der Waals surface area contributed by atoms with Crippen LogP contribution in [0.15, 0.2) is 82.8 Å². The molecule has 220 valence electrons. The van der Waals surface area contributed by atoms with Crippen molar-refractivity contribution >= 4 is 80.0 Å². The van der Waals surface area contributed by atoms with Crippen LogP contribution in [0.3, 0.4) is 0 Å². The summed E-state index contributed by atoms with van der Waals surface area (Å²) in [4.78, 5) is 12.9. The summed E-state index contributed by atoms with van der Waals surface area (Å²) in [5, 5.41) is 14.4. The molecular weight excluding hydrogens is 698 g/mol. The van der Waals surface area contributed by atoms with E-state index in [1.807, 2.05) is 19.1 Å². The molecule has 0 aliphatic carbocycles. The molecule has 0 atom stereocenters. The number of ether oxygens (including phenoxy) is 3. The summed E-state index contributed by atoms with van der Waals surface area (Å²) in [6.07, 6.45) is 1.47. The molecular formula is C32H23BrCl4N2O4. The third-order valence-corrected chi connectivity index (χ3v) is 7.81. The van der Waals surface area contributed by atoms with E-state index in [0.717, 1.165) is 11.1 Å². The van der Waals surface area contributed by atoms with Crippen molar-refractivity contribution in [1.29, 1.82) is 5.26 Å². The maximum Gasteiger partial charge on any atom is 0.266 e. The number of rotatable bonds is 11. The fourth-order valence-electron chi connectivity index (χ4n) is 3.81. The number of nitrogens with one attached hydrogen (secondary N) is 1. The van der Waals surface area contributed by atoms with Crippen LogP contribution in [-0.4, -0.2) is 12.5 Å². The fraction of sp³-hybridized carbons (Fsp3) is 0.125. The molecule has 0 unspecified atom stereocenters. The quantitative estimate of drug-likeness (QED) is 0.123. The van der Waals surface area contributed by atoms with Crippen LogP contribution in [0.25, 0.3) is 6.08 Å². The van der Waals surface area contributed by atoms with Crippen molar-refractivity contribution in [3.63, 3.8) is 0 Å². The van der Waals surface area contributed by atoms with Gasteiger partial charge in [-0.05, 0) is 101 Å². The molecule has 6 nitrogen and oxygen atoms in total. The molecule has 11 heteroatoms. The number of amides is 1. The Morgan fingerprint density at radius 2 is 1.65 bits per heavy atom. The Kier molecular flexibility index (Phi) is 11.6. The van der Waals surface area contributed by atoms with Crippen molar-refractivity contribution in [3.05, 3.63) is 120 Å². The van der Waals surface area contributed by atoms with Gasteiger partial charge in [-0.1, -0.05) is 58.5 Å². The lowest BCUT2D eigenvalue weighted by Gasteiger charge is -2.15. The average molecular weight is 721 g/mol. The normalized spacial score (nSPS) is 11.0. The van der Waals surface area contributed by atoms with Crippen LogP contribution in [0.4, 0.5) is 5.69 Å². The van der Waals surface area contributed by atoms with E-state index in [2.05, 4.69) is 21.2 Å². The van der Waals surface area contributed by atoms with Crippen molar-refractivity contribution in [2.24, 2.45) is 0 Å². The Morgan fingerprint density at radius 1 is 0.884 bits per heavy atom. The van der Waals surface area contributed by atoms with Crippen molar-refractivity contribution in [2.45, 2.75) is 20.1 Å². The van der Waals surface area contributed by atoms with Crippen LogP contribution in [0, 0.1) is 11.3 Å². The van der Waals surface area contributed by atoms with Gasteiger partial charge in [0.15, 0.2) is 11.5 Å². The fourth-order valence-corrected chi connectivity index (χ4v) is 5.17. The van der Waals surface area contributed by atoms with Gasteiger partial charge < -0.3 is 19.5 Å². The Hall–Kier alpha value is -3.38. The number of carbonyl (C=O) groups is 1. The minimum absolute atomic E-state index is 0.100. The Balaban J connectivity index is 1.44. The van der Waals surface area contributed by atoms with Gasteiger partial charge in [0.1, 0.15) is 30.6 Å². The first-order valence-corrected chi connectivity index (χ1v) is 15.1. The van der Waals surface area contributed by atoms with Gasteiger partial charge in [0.05, 0.1) is 21.1 Å². The number of benzene rings is 4. The zero-order valence-corrected chi connectivity index (χ0v) is 27.2. The summed E-state index contributed by atoms with van der Waals surface area (Å²) >= 11 is 27.8. The highest BCUT2D eigenvalue weighted by molar-refractivity contribution is 9.10. The van der Waals surface area contributed by atoms with Gasteiger partial charge in [-0.15, -0.1) is 0 Å². The van der Waals surface area contributed by atoms with Gasteiger partial charge >= 0.3 is 0 Å². The minimum Gasteiger partial charge on any atom is -0.490 e. The first-order valence-electron chi connectivity index (χ1n) is 12.8. The topological polar surface area (TPSA) is 80.6 Å². The zero-order chi connectivity index (χ0) is 30.9. The summed E-state index contributed by atoms with van der Waals surface area (Å²) in [6.45, 7) is 2.69. The molecule has 0 saturated heterocycles. The van der Waals surface area contributed by atoms with E-state index in [9.17, 15) is 10.1 Å². The number of anilines is 1. The first-order chi connectivity index (χ1) is 20.7. The van der Waals surface area contributed by atoms with Crippen LogP contribution < -0.4 is 19.5 Å². The van der Waals surface area contributed by atoms with Gasteiger partial charge in [0.2, 0.25) is 0 Å². The lowest BCUT2D eigenvalue weighted by atomic mass is 10.1. The highest BCUT2D eigenvalue weighted by Gasteiger charge is 2.15. The standard InChI is InChI=1S/C32H23BrCl4N2O4/c1-2-41-30-14-20(12-26(33)31(30)43-17-19-3-10-27(35)29(37)13-19)11-22(16-38)32(40)39-24-6-8-25(9-7-24)42-18-21-4-5-23(34)15-28(21)36/h3-15H,2,17-18H2,1H3,(H,39,40)/b22-11+. The molecule has 4 aromatic carbocycles. The molecule has 0 aliphatic rings. The van der Waals surface area contributed by atoms with Gasteiger partial charge in [0.25, 0.3) is 5.91 Å². The molecule has 4 aromatic rings. The second-order valence-electron chi connectivity index (χ2n) is 8.97. The molecule has 4 rings (SSSR count). The number of hydrogen-bond acceptors (Lipinski definition) is 5. The van der Waals surface area contributed by atoms with Crippen molar-refractivity contribution in [2.75, 3.05) is 11.9 Å². The lowest BCUT2D eigenvalue weighted by Crippen LogP contribution is -2.13. The molecule has 43 heavy (non-hydrogen) atoms. The smallest absolute Gasteiger partial charge is 0.266 e. The number of carbonyl (C=O) groups excluding carboxylic acids is 1. The largest absolute Gasteiger partial charge is 0.490 e. The summed E-state index contributed by atoms with van der Waals surface area (Å²) in [5.41, 5.74) is 2.56. The summed E-state index contributed by atoms with van der Waals surface area (Å²) in [7, 11) is 0. The monoisotopic (exact) mass is 718 g/mol. The van der Waals surface area contributed by atoms with Crippen LogP contribution in [0.1, 0.15) is 23.6 Å². The number of nitriles is 1. The number of nitrogens with zero attached hydrogens (tertiary/aromatic N) is 1. The zero-order valence-electron chi connectivity index (χ0n) is 22.6. The van der Waals surface area contributed by atoms with Crippen LogP contribution in [0.2, 0.25) is 20.1 Å². The van der Waals surface area contributed by atoms with Crippen molar-refractivity contribution in [1.82, 2.24) is 0 Å². The summed E-state index contributed by atoms with van der Waals surface area (Å²) in [6, 6.07) is 22.6. The second-order valence-corrected chi connectivity index (χ2v) is 11.5. The molecule has 0 radical (unpaired) electrons. The third kappa shape index (κ3) is 9.06. The SMILES string of the molecule is CCOc1cc(/C=C(\C#N)C(=O)Nc2ccc(OCc3ccc(Cl)cc3Cl)cc2)cc(Br)c1OCc1ccc(Cl)c(Cl)c1.